The van der Waals surface area contributed by atoms with Gasteiger partial charge in [0.1, 0.15) is 0 Å². The average Bonchev–Trinajstić information content (AvgIpc) is 2.91. The Balaban J connectivity index is -0.000000499. The zero-order valence-electron chi connectivity index (χ0n) is 24.6. The second-order valence-electron chi connectivity index (χ2n) is 7.95. The van der Waals surface area contributed by atoms with E-state index in [2.05, 4.69) is 56.4 Å². The maximum absolute atomic E-state index is 11.5. The van der Waals surface area contributed by atoms with Crippen LogP contribution in [0.1, 0.15) is 117 Å². The van der Waals surface area contributed by atoms with Crippen molar-refractivity contribution in [3.63, 3.8) is 0 Å². The molecule has 0 saturated carbocycles. The van der Waals surface area contributed by atoms with Gasteiger partial charge in [-0.15, -0.1) is 0 Å². The van der Waals surface area contributed by atoms with Crippen LogP contribution in [0.15, 0.2) is 67.5 Å². The van der Waals surface area contributed by atoms with Crippen molar-refractivity contribution in [3.05, 3.63) is 84.3 Å². The third kappa shape index (κ3) is 23.3. The second-order valence-corrected chi connectivity index (χ2v) is 7.95. The monoisotopic (exact) mass is 504 g/mol. The lowest BCUT2D eigenvalue weighted by molar-refractivity contribution is 0.0181. The lowest BCUT2D eigenvalue weighted by Gasteiger charge is -2.17. The van der Waals surface area contributed by atoms with E-state index in [1.807, 2.05) is 70.3 Å². The van der Waals surface area contributed by atoms with Crippen molar-refractivity contribution in [3.8, 4) is 0 Å². The number of hydrogen-bond acceptors (Lipinski definition) is 2. The average molecular weight is 505 g/mol. The van der Waals surface area contributed by atoms with E-state index in [1.54, 1.807) is 0 Å². The standard InChI is InChI=1S/C16H26N2.C8H8.C4H8F2.2C2H6/c1-5-7-9-13(3)18-14(4)16-11-10-15(8-6-2)12-17-16;1-2-8-6-4-3-5-7-8;1-3-4(2,5)6;2*1-2/h10-12,14,18H,3,5-9H2,1-2,4H3;2-7H,1H2;3H2,1-2H3;2*1-2H3. The number of aromatic nitrogens is 1. The van der Waals surface area contributed by atoms with Gasteiger partial charge >= 0.3 is 0 Å². The van der Waals surface area contributed by atoms with E-state index in [0.717, 1.165) is 31.2 Å². The van der Waals surface area contributed by atoms with Gasteiger partial charge in [-0.3, -0.25) is 4.98 Å². The molecule has 0 aliphatic carbocycles. The van der Waals surface area contributed by atoms with Crippen molar-refractivity contribution in [2.45, 2.75) is 113 Å². The Kier molecular flexibility index (Phi) is 27.1. The molecule has 0 fully saturated rings. The molecular formula is C32H54F2N2. The summed E-state index contributed by atoms with van der Waals surface area (Å²) >= 11 is 0. The molecule has 0 radical (unpaired) electrons. The molecule has 2 nitrogen and oxygen atoms in total. The number of nitrogens with one attached hydrogen (secondary N) is 1. The van der Waals surface area contributed by atoms with Crippen LogP contribution < -0.4 is 5.32 Å². The van der Waals surface area contributed by atoms with E-state index in [-0.39, 0.29) is 12.5 Å². The van der Waals surface area contributed by atoms with Gasteiger partial charge in [0.25, 0.3) is 0 Å². The number of aryl methyl sites for hydroxylation is 1. The fraction of sp³-hybridized carbons (Fsp3) is 0.531. The third-order valence-corrected chi connectivity index (χ3v) is 4.74. The van der Waals surface area contributed by atoms with Crippen molar-refractivity contribution in [2.24, 2.45) is 0 Å². The smallest absolute Gasteiger partial charge is 0.245 e. The first-order chi connectivity index (χ1) is 17.2. The van der Waals surface area contributed by atoms with Gasteiger partial charge in [-0.25, -0.2) is 8.78 Å². The summed E-state index contributed by atoms with van der Waals surface area (Å²) in [7, 11) is 0. The fourth-order valence-electron chi connectivity index (χ4n) is 2.56. The first kappa shape index (κ1) is 38.0. The molecule has 4 heteroatoms. The van der Waals surface area contributed by atoms with Gasteiger partial charge in [0.2, 0.25) is 5.92 Å². The molecule has 2 aromatic rings. The van der Waals surface area contributed by atoms with Crippen molar-refractivity contribution in [1.29, 1.82) is 0 Å². The molecule has 0 aliphatic rings. The maximum Gasteiger partial charge on any atom is 0.245 e. The number of allylic oxidation sites excluding steroid dienone is 1. The van der Waals surface area contributed by atoms with E-state index in [9.17, 15) is 8.78 Å². The molecule has 2 rings (SSSR count). The molecule has 0 bridgehead atoms. The SMILES string of the molecule is C=C(CCCC)NC(C)c1ccc(CCC)cn1.C=Cc1ccccc1.CC.CC.CCC(C)(F)F. The van der Waals surface area contributed by atoms with Crippen LogP contribution in [0.2, 0.25) is 0 Å². The minimum Gasteiger partial charge on any atom is -0.381 e. The zero-order valence-corrected chi connectivity index (χ0v) is 24.6. The number of nitrogens with zero attached hydrogens (tertiary/aromatic N) is 1. The summed E-state index contributed by atoms with van der Waals surface area (Å²) in [6.07, 6.45) is 9.50. The Labute approximate surface area is 222 Å². The summed E-state index contributed by atoms with van der Waals surface area (Å²) in [5.74, 6) is -2.46. The van der Waals surface area contributed by atoms with Gasteiger partial charge in [0.05, 0.1) is 11.7 Å². The summed E-state index contributed by atoms with van der Waals surface area (Å²) in [6, 6.07) is 14.6. The Morgan fingerprint density at radius 3 is 1.92 bits per heavy atom. The van der Waals surface area contributed by atoms with E-state index in [0.29, 0.717) is 0 Å². The summed E-state index contributed by atoms with van der Waals surface area (Å²) in [5.41, 5.74) is 4.70. The molecule has 0 saturated heterocycles. The van der Waals surface area contributed by atoms with Gasteiger partial charge in [-0.05, 0) is 50.3 Å². The minimum atomic E-state index is -2.46. The number of unbranched alkanes of at least 4 members (excludes halogenated alkanes) is 1. The van der Waals surface area contributed by atoms with Crippen LogP contribution in [0.5, 0.6) is 0 Å². The fourth-order valence-corrected chi connectivity index (χ4v) is 2.56. The Morgan fingerprint density at radius 2 is 1.56 bits per heavy atom. The number of hydrogen-bond donors (Lipinski definition) is 1. The number of pyridine rings is 1. The molecule has 206 valence electrons. The summed E-state index contributed by atoms with van der Waals surface area (Å²) in [6.45, 7) is 24.6. The third-order valence-electron chi connectivity index (χ3n) is 4.74. The van der Waals surface area contributed by atoms with Gasteiger partial charge in [-0.1, -0.05) is 117 Å². The second kappa shape index (κ2) is 25.6. The Hall–Kier alpha value is -2.49. The van der Waals surface area contributed by atoms with Crippen molar-refractivity contribution < 1.29 is 8.78 Å². The topological polar surface area (TPSA) is 24.9 Å². The normalized spacial score (nSPS) is 10.3. The van der Waals surface area contributed by atoms with Gasteiger partial charge in [0, 0.05) is 18.3 Å². The van der Waals surface area contributed by atoms with Gasteiger partial charge in [0.15, 0.2) is 0 Å². The molecule has 1 aromatic carbocycles. The number of halogens is 2. The molecule has 1 atom stereocenters. The van der Waals surface area contributed by atoms with E-state index in [1.165, 1.54) is 37.3 Å². The van der Waals surface area contributed by atoms with Crippen LogP contribution in [0.3, 0.4) is 0 Å². The predicted molar refractivity (Wildman–Crippen MR) is 159 cm³/mol. The molecular weight excluding hydrogens is 450 g/mol. The molecule has 1 unspecified atom stereocenters. The van der Waals surface area contributed by atoms with Crippen LogP contribution in [0, 0.1) is 0 Å². The summed E-state index contributed by atoms with van der Waals surface area (Å²) in [5, 5.41) is 3.43. The van der Waals surface area contributed by atoms with Crippen LogP contribution in [0.4, 0.5) is 8.78 Å². The van der Waals surface area contributed by atoms with E-state index < -0.39 is 5.92 Å². The minimum absolute atomic E-state index is 0.0625. The maximum atomic E-state index is 11.5. The number of alkyl halides is 2. The molecule has 1 N–H and O–H groups in total. The molecule has 1 aromatic heterocycles. The van der Waals surface area contributed by atoms with Crippen LogP contribution >= 0.6 is 0 Å². The lowest BCUT2D eigenvalue weighted by atomic mass is 10.1. The Morgan fingerprint density at radius 1 is 1.00 bits per heavy atom. The first-order valence-electron chi connectivity index (χ1n) is 13.6. The summed E-state index contributed by atoms with van der Waals surface area (Å²) in [4.78, 5) is 4.53. The van der Waals surface area contributed by atoms with Crippen molar-refractivity contribution in [1.82, 2.24) is 10.3 Å². The van der Waals surface area contributed by atoms with Crippen molar-refractivity contribution in [2.75, 3.05) is 0 Å². The number of benzene rings is 1. The highest BCUT2D eigenvalue weighted by Gasteiger charge is 2.15. The van der Waals surface area contributed by atoms with Crippen molar-refractivity contribution >= 4 is 6.08 Å². The quantitative estimate of drug-likeness (QED) is 0.348. The van der Waals surface area contributed by atoms with Crippen LogP contribution in [-0.2, 0) is 6.42 Å². The zero-order chi connectivity index (χ0) is 28.4. The lowest BCUT2D eigenvalue weighted by Crippen LogP contribution is -2.18. The molecule has 36 heavy (non-hydrogen) atoms. The molecule has 0 amide bonds. The van der Waals surface area contributed by atoms with E-state index >= 15 is 0 Å². The van der Waals surface area contributed by atoms with E-state index in [4.69, 9.17) is 0 Å². The molecule has 0 spiro atoms. The molecule has 1 heterocycles. The predicted octanol–water partition coefficient (Wildman–Crippen LogP) is 10.8. The first-order valence-corrected chi connectivity index (χ1v) is 13.6. The summed E-state index contributed by atoms with van der Waals surface area (Å²) < 4.78 is 22.9. The number of rotatable bonds is 10. The van der Waals surface area contributed by atoms with Crippen LogP contribution in [-0.4, -0.2) is 10.9 Å². The highest BCUT2D eigenvalue weighted by Crippen LogP contribution is 2.15. The highest BCUT2D eigenvalue weighted by atomic mass is 19.3. The van der Waals surface area contributed by atoms with Crippen LogP contribution in [0.25, 0.3) is 6.08 Å². The molecule has 0 aliphatic heterocycles. The Bertz CT molecular complexity index is 735. The highest BCUT2D eigenvalue weighted by molar-refractivity contribution is 5.45. The van der Waals surface area contributed by atoms with Gasteiger partial charge in [-0.2, -0.15) is 0 Å². The largest absolute Gasteiger partial charge is 0.381 e. The van der Waals surface area contributed by atoms with Gasteiger partial charge < -0.3 is 5.32 Å².